The second-order valence-electron chi connectivity index (χ2n) is 5.52. The number of likely N-dealkylation sites (N-methyl/N-ethyl adjacent to an activating group) is 1. The van der Waals surface area contributed by atoms with E-state index in [1.807, 2.05) is 24.3 Å². The average Bonchev–Trinajstić information content (AvgIpc) is 2.85. The van der Waals surface area contributed by atoms with Crippen LogP contribution in [0.3, 0.4) is 0 Å². The van der Waals surface area contributed by atoms with Crippen LogP contribution in [-0.4, -0.2) is 50.0 Å². The number of para-hydroxylation sites is 2. The van der Waals surface area contributed by atoms with Crippen molar-refractivity contribution in [1.29, 1.82) is 0 Å². The Kier molecular flexibility index (Phi) is 5.68. The number of hydrogen-bond acceptors (Lipinski definition) is 4. The van der Waals surface area contributed by atoms with Gasteiger partial charge in [-0.15, -0.1) is 0 Å². The maximum absolute atomic E-state index is 9.84. The SMILES string of the molecule is COc1ccccc1OCCN(C)CC1CCCC1O. The fraction of sp³-hybridized carbons (Fsp3) is 0.625. The molecule has 0 saturated heterocycles. The van der Waals surface area contributed by atoms with E-state index in [2.05, 4.69) is 11.9 Å². The average molecular weight is 279 g/mol. The topological polar surface area (TPSA) is 41.9 Å². The van der Waals surface area contributed by atoms with E-state index >= 15 is 0 Å². The Labute approximate surface area is 121 Å². The van der Waals surface area contributed by atoms with Crippen LogP contribution in [-0.2, 0) is 0 Å². The highest BCUT2D eigenvalue weighted by molar-refractivity contribution is 5.39. The van der Waals surface area contributed by atoms with Gasteiger partial charge in [0.1, 0.15) is 6.61 Å². The number of aliphatic hydroxyl groups is 1. The molecule has 1 fully saturated rings. The summed E-state index contributed by atoms with van der Waals surface area (Å²) >= 11 is 0. The number of benzene rings is 1. The van der Waals surface area contributed by atoms with Crippen molar-refractivity contribution in [3.8, 4) is 11.5 Å². The standard InChI is InChI=1S/C16H25NO3/c1-17(12-13-6-5-7-14(13)18)10-11-20-16-9-4-3-8-15(16)19-2/h3-4,8-9,13-14,18H,5-7,10-12H2,1-2H3. The molecule has 0 aromatic heterocycles. The third-order valence-corrected chi connectivity index (χ3v) is 3.96. The molecular weight excluding hydrogens is 254 g/mol. The number of aliphatic hydroxyl groups excluding tert-OH is 1. The van der Waals surface area contributed by atoms with Crippen LogP contribution in [0.1, 0.15) is 19.3 Å². The quantitative estimate of drug-likeness (QED) is 0.830. The van der Waals surface area contributed by atoms with Crippen LogP contribution in [0, 0.1) is 5.92 Å². The smallest absolute Gasteiger partial charge is 0.161 e. The van der Waals surface area contributed by atoms with Crippen LogP contribution in [0.2, 0.25) is 0 Å². The number of rotatable bonds is 7. The van der Waals surface area contributed by atoms with Crippen molar-refractivity contribution in [3.63, 3.8) is 0 Å². The molecule has 4 nitrogen and oxygen atoms in total. The van der Waals surface area contributed by atoms with E-state index in [0.29, 0.717) is 12.5 Å². The second kappa shape index (κ2) is 7.50. The summed E-state index contributed by atoms with van der Waals surface area (Å²) in [5.41, 5.74) is 0. The zero-order valence-electron chi connectivity index (χ0n) is 12.4. The van der Waals surface area contributed by atoms with Crippen LogP contribution >= 0.6 is 0 Å². The molecule has 0 heterocycles. The molecule has 4 heteroatoms. The lowest BCUT2D eigenvalue weighted by Gasteiger charge is -2.23. The van der Waals surface area contributed by atoms with Crippen molar-refractivity contribution in [1.82, 2.24) is 4.90 Å². The Morgan fingerprint density at radius 3 is 2.65 bits per heavy atom. The van der Waals surface area contributed by atoms with Crippen molar-refractivity contribution in [3.05, 3.63) is 24.3 Å². The first-order valence-electron chi connectivity index (χ1n) is 7.33. The van der Waals surface area contributed by atoms with Crippen molar-refractivity contribution in [2.24, 2.45) is 5.92 Å². The molecule has 1 saturated carbocycles. The Balaban J connectivity index is 1.72. The van der Waals surface area contributed by atoms with Crippen LogP contribution in [0.5, 0.6) is 11.5 Å². The first kappa shape index (κ1) is 15.1. The third kappa shape index (κ3) is 4.12. The molecule has 0 radical (unpaired) electrons. The summed E-state index contributed by atoms with van der Waals surface area (Å²) in [6, 6.07) is 7.68. The summed E-state index contributed by atoms with van der Waals surface area (Å²) < 4.78 is 11.0. The Morgan fingerprint density at radius 1 is 1.25 bits per heavy atom. The fourth-order valence-corrected chi connectivity index (χ4v) is 2.77. The minimum absolute atomic E-state index is 0.118. The van der Waals surface area contributed by atoms with Gasteiger partial charge in [-0.05, 0) is 37.9 Å². The molecule has 0 bridgehead atoms. The maximum Gasteiger partial charge on any atom is 0.161 e. The summed E-state index contributed by atoms with van der Waals surface area (Å²) in [6.45, 7) is 2.41. The molecule has 112 valence electrons. The lowest BCUT2D eigenvalue weighted by molar-refractivity contribution is 0.104. The van der Waals surface area contributed by atoms with E-state index in [9.17, 15) is 5.11 Å². The first-order chi connectivity index (χ1) is 9.70. The molecule has 0 spiro atoms. The maximum atomic E-state index is 9.84. The van der Waals surface area contributed by atoms with Gasteiger partial charge < -0.3 is 19.5 Å². The lowest BCUT2D eigenvalue weighted by atomic mass is 10.1. The largest absolute Gasteiger partial charge is 0.493 e. The number of ether oxygens (including phenoxy) is 2. The van der Waals surface area contributed by atoms with Crippen molar-refractivity contribution >= 4 is 0 Å². The van der Waals surface area contributed by atoms with Crippen molar-refractivity contribution in [2.45, 2.75) is 25.4 Å². The molecular formula is C16H25NO3. The van der Waals surface area contributed by atoms with Crippen molar-refractivity contribution in [2.75, 3.05) is 33.9 Å². The highest BCUT2D eigenvalue weighted by Crippen LogP contribution is 2.27. The normalized spacial score (nSPS) is 22.2. The van der Waals surface area contributed by atoms with Crippen LogP contribution < -0.4 is 9.47 Å². The summed E-state index contributed by atoms with van der Waals surface area (Å²) in [5.74, 6) is 1.97. The minimum Gasteiger partial charge on any atom is -0.493 e. The molecule has 1 aliphatic carbocycles. The highest BCUT2D eigenvalue weighted by Gasteiger charge is 2.25. The fourth-order valence-electron chi connectivity index (χ4n) is 2.77. The minimum atomic E-state index is -0.118. The van der Waals surface area contributed by atoms with Gasteiger partial charge in [-0.3, -0.25) is 0 Å². The molecule has 0 amide bonds. The zero-order chi connectivity index (χ0) is 14.4. The predicted octanol–water partition coefficient (Wildman–Crippen LogP) is 2.17. The van der Waals surface area contributed by atoms with Gasteiger partial charge in [0.15, 0.2) is 11.5 Å². The van der Waals surface area contributed by atoms with E-state index in [-0.39, 0.29) is 6.10 Å². The summed E-state index contributed by atoms with van der Waals surface area (Å²) in [5, 5.41) is 9.84. The van der Waals surface area contributed by atoms with Crippen LogP contribution in [0.15, 0.2) is 24.3 Å². The Bertz CT molecular complexity index is 410. The van der Waals surface area contributed by atoms with Gasteiger partial charge in [-0.1, -0.05) is 18.6 Å². The van der Waals surface area contributed by atoms with Gasteiger partial charge in [0.05, 0.1) is 13.2 Å². The molecule has 0 aliphatic heterocycles. The first-order valence-corrected chi connectivity index (χ1v) is 7.33. The Hall–Kier alpha value is -1.26. The summed E-state index contributed by atoms with van der Waals surface area (Å²) in [4.78, 5) is 2.23. The van der Waals surface area contributed by atoms with E-state index < -0.39 is 0 Å². The van der Waals surface area contributed by atoms with E-state index in [1.165, 1.54) is 0 Å². The third-order valence-electron chi connectivity index (χ3n) is 3.96. The van der Waals surface area contributed by atoms with Gasteiger partial charge in [-0.25, -0.2) is 0 Å². The Morgan fingerprint density at radius 2 is 2.00 bits per heavy atom. The molecule has 20 heavy (non-hydrogen) atoms. The molecule has 1 aromatic rings. The highest BCUT2D eigenvalue weighted by atomic mass is 16.5. The van der Waals surface area contributed by atoms with Gasteiger partial charge in [0, 0.05) is 13.1 Å². The molecule has 1 aliphatic rings. The zero-order valence-corrected chi connectivity index (χ0v) is 12.4. The second-order valence-corrected chi connectivity index (χ2v) is 5.52. The lowest BCUT2D eigenvalue weighted by Crippen LogP contribution is -2.32. The number of methoxy groups -OCH3 is 1. The number of nitrogens with zero attached hydrogens (tertiary/aromatic N) is 1. The van der Waals surface area contributed by atoms with Gasteiger partial charge in [0.25, 0.3) is 0 Å². The summed E-state index contributed by atoms with van der Waals surface area (Å²) in [6.07, 6.45) is 3.12. The predicted molar refractivity (Wildman–Crippen MR) is 79.3 cm³/mol. The molecule has 1 aromatic carbocycles. The van der Waals surface area contributed by atoms with Gasteiger partial charge >= 0.3 is 0 Å². The van der Waals surface area contributed by atoms with Crippen LogP contribution in [0.4, 0.5) is 0 Å². The van der Waals surface area contributed by atoms with E-state index in [1.54, 1.807) is 7.11 Å². The molecule has 2 atom stereocenters. The van der Waals surface area contributed by atoms with E-state index in [0.717, 1.165) is 43.9 Å². The number of hydrogen-bond donors (Lipinski definition) is 1. The van der Waals surface area contributed by atoms with Crippen molar-refractivity contribution < 1.29 is 14.6 Å². The van der Waals surface area contributed by atoms with Crippen LogP contribution in [0.25, 0.3) is 0 Å². The molecule has 1 N–H and O–H groups in total. The van der Waals surface area contributed by atoms with Gasteiger partial charge in [-0.2, -0.15) is 0 Å². The molecule has 2 unspecified atom stereocenters. The van der Waals surface area contributed by atoms with E-state index in [4.69, 9.17) is 9.47 Å². The molecule has 2 rings (SSSR count). The monoisotopic (exact) mass is 279 g/mol. The van der Waals surface area contributed by atoms with Gasteiger partial charge in [0.2, 0.25) is 0 Å². The summed E-state index contributed by atoms with van der Waals surface area (Å²) in [7, 11) is 3.73.